The van der Waals surface area contributed by atoms with Crippen LogP contribution in [0.2, 0.25) is 0 Å². The fourth-order valence-electron chi connectivity index (χ4n) is 1.98. The minimum absolute atomic E-state index is 0.138. The standard InChI is InChI=1S/C14H17FN2O3/c1-20-6-5-16-13(18)11-8-12(11)14(19)17-10-4-2-3-9(15)7-10/h2-4,7,11-12H,5-6,8H2,1H3,(H,16,18)(H,17,19). The van der Waals surface area contributed by atoms with Crippen molar-refractivity contribution in [3.8, 4) is 0 Å². The summed E-state index contributed by atoms with van der Waals surface area (Å²) in [6, 6.07) is 5.68. The summed E-state index contributed by atoms with van der Waals surface area (Å²) in [5.74, 6) is -1.42. The molecule has 2 N–H and O–H groups in total. The Morgan fingerprint density at radius 1 is 1.35 bits per heavy atom. The van der Waals surface area contributed by atoms with Crippen LogP contribution in [-0.4, -0.2) is 32.1 Å². The molecular weight excluding hydrogens is 263 g/mol. The van der Waals surface area contributed by atoms with Crippen LogP contribution in [0.3, 0.4) is 0 Å². The number of carbonyl (C=O) groups excluding carboxylic acids is 2. The summed E-state index contributed by atoms with van der Waals surface area (Å²) in [5, 5.41) is 5.31. The monoisotopic (exact) mass is 280 g/mol. The molecule has 0 aromatic heterocycles. The van der Waals surface area contributed by atoms with E-state index in [-0.39, 0.29) is 23.7 Å². The molecule has 0 aliphatic heterocycles. The van der Waals surface area contributed by atoms with E-state index in [1.54, 1.807) is 13.2 Å². The number of methoxy groups -OCH3 is 1. The van der Waals surface area contributed by atoms with Crippen molar-refractivity contribution in [2.24, 2.45) is 11.8 Å². The van der Waals surface area contributed by atoms with Gasteiger partial charge in [0.2, 0.25) is 11.8 Å². The van der Waals surface area contributed by atoms with Gasteiger partial charge in [-0.3, -0.25) is 9.59 Å². The molecule has 6 heteroatoms. The van der Waals surface area contributed by atoms with E-state index in [1.807, 2.05) is 0 Å². The van der Waals surface area contributed by atoms with Crippen LogP contribution in [0.25, 0.3) is 0 Å². The highest BCUT2D eigenvalue weighted by Crippen LogP contribution is 2.39. The van der Waals surface area contributed by atoms with E-state index in [0.717, 1.165) is 0 Å². The molecule has 2 unspecified atom stereocenters. The van der Waals surface area contributed by atoms with E-state index in [0.29, 0.717) is 25.3 Å². The Morgan fingerprint density at radius 2 is 2.10 bits per heavy atom. The lowest BCUT2D eigenvalue weighted by Crippen LogP contribution is -2.30. The number of hydrogen-bond donors (Lipinski definition) is 2. The van der Waals surface area contributed by atoms with Crippen LogP contribution >= 0.6 is 0 Å². The van der Waals surface area contributed by atoms with Crippen molar-refractivity contribution in [2.75, 3.05) is 25.6 Å². The molecule has 20 heavy (non-hydrogen) atoms. The zero-order valence-electron chi connectivity index (χ0n) is 11.2. The Kier molecular flexibility index (Phi) is 4.68. The maximum atomic E-state index is 13.0. The number of carbonyl (C=O) groups is 2. The minimum Gasteiger partial charge on any atom is -0.383 e. The second-order valence-corrected chi connectivity index (χ2v) is 4.73. The zero-order chi connectivity index (χ0) is 14.5. The molecule has 0 heterocycles. The molecule has 2 atom stereocenters. The zero-order valence-corrected chi connectivity index (χ0v) is 11.2. The third-order valence-electron chi connectivity index (χ3n) is 3.16. The molecular formula is C14H17FN2O3. The molecule has 0 radical (unpaired) electrons. The first kappa shape index (κ1) is 14.5. The molecule has 108 valence electrons. The van der Waals surface area contributed by atoms with Crippen LogP contribution in [0.15, 0.2) is 24.3 Å². The second kappa shape index (κ2) is 6.47. The first-order valence-electron chi connectivity index (χ1n) is 6.45. The molecule has 0 saturated heterocycles. The van der Waals surface area contributed by atoms with E-state index < -0.39 is 5.82 Å². The van der Waals surface area contributed by atoms with Crippen molar-refractivity contribution in [1.82, 2.24) is 5.32 Å². The van der Waals surface area contributed by atoms with Gasteiger partial charge in [0.05, 0.1) is 18.4 Å². The summed E-state index contributed by atoms with van der Waals surface area (Å²) >= 11 is 0. The maximum absolute atomic E-state index is 13.0. The van der Waals surface area contributed by atoms with Gasteiger partial charge in [-0.15, -0.1) is 0 Å². The number of benzene rings is 1. The van der Waals surface area contributed by atoms with Gasteiger partial charge in [0.1, 0.15) is 5.82 Å². The molecule has 1 saturated carbocycles. The lowest BCUT2D eigenvalue weighted by Gasteiger charge is -2.06. The quantitative estimate of drug-likeness (QED) is 0.768. The van der Waals surface area contributed by atoms with Gasteiger partial charge in [-0.05, 0) is 24.6 Å². The fourth-order valence-corrected chi connectivity index (χ4v) is 1.98. The summed E-state index contributed by atoms with van der Waals surface area (Å²) in [7, 11) is 1.55. The smallest absolute Gasteiger partial charge is 0.228 e. The number of nitrogens with one attached hydrogen (secondary N) is 2. The van der Waals surface area contributed by atoms with Gasteiger partial charge >= 0.3 is 0 Å². The van der Waals surface area contributed by atoms with E-state index in [1.165, 1.54) is 18.2 Å². The summed E-state index contributed by atoms with van der Waals surface area (Å²) in [5.41, 5.74) is 0.403. The van der Waals surface area contributed by atoms with Gasteiger partial charge in [-0.1, -0.05) is 6.07 Å². The largest absolute Gasteiger partial charge is 0.383 e. The van der Waals surface area contributed by atoms with Gasteiger partial charge in [0.25, 0.3) is 0 Å². The Bertz CT molecular complexity index is 507. The van der Waals surface area contributed by atoms with Crippen LogP contribution < -0.4 is 10.6 Å². The van der Waals surface area contributed by atoms with Gasteiger partial charge in [-0.25, -0.2) is 4.39 Å². The molecule has 1 aliphatic rings. The third kappa shape index (κ3) is 3.77. The summed E-state index contributed by atoms with van der Waals surface area (Å²) in [6.45, 7) is 0.878. The highest BCUT2D eigenvalue weighted by molar-refractivity contribution is 5.99. The van der Waals surface area contributed by atoms with Gasteiger partial charge < -0.3 is 15.4 Å². The topological polar surface area (TPSA) is 67.4 Å². The van der Waals surface area contributed by atoms with Gasteiger partial charge in [0.15, 0.2) is 0 Å². The average Bonchev–Trinajstić information content (AvgIpc) is 3.19. The molecule has 2 rings (SSSR count). The molecule has 1 aromatic carbocycles. The van der Waals surface area contributed by atoms with Crippen molar-refractivity contribution in [2.45, 2.75) is 6.42 Å². The normalized spacial score (nSPS) is 20.3. The van der Waals surface area contributed by atoms with Crippen LogP contribution in [0.4, 0.5) is 10.1 Å². The van der Waals surface area contributed by atoms with E-state index in [2.05, 4.69) is 10.6 Å². The summed E-state index contributed by atoms with van der Waals surface area (Å²) < 4.78 is 17.8. The molecule has 5 nitrogen and oxygen atoms in total. The number of rotatable bonds is 6. The average molecular weight is 280 g/mol. The number of amides is 2. The van der Waals surface area contributed by atoms with Crippen molar-refractivity contribution in [3.05, 3.63) is 30.1 Å². The Hall–Kier alpha value is -1.95. The first-order chi connectivity index (χ1) is 9.61. The number of hydrogen-bond acceptors (Lipinski definition) is 3. The fraction of sp³-hybridized carbons (Fsp3) is 0.429. The lowest BCUT2D eigenvalue weighted by molar-refractivity contribution is -0.125. The van der Waals surface area contributed by atoms with E-state index in [4.69, 9.17) is 4.74 Å². The van der Waals surface area contributed by atoms with Crippen molar-refractivity contribution >= 4 is 17.5 Å². The minimum atomic E-state index is -0.410. The Labute approximate surface area is 116 Å². The van der Waals surface area contributed by atoms with E-state index >= 15 is 0 Å². The van der Waals surface area contributed by atoms with Crippen LogP contribution in [0.1, 0.15) is 6.42 Å². The molecule has 1 fully saturated rings. The molecule has 0 bridgehead atoms. The van der Waals surface area contributed by atoms with Crippen LogP contribution in [0.5, 0.6) is 0 Å². The number of halogens is 1. The molecule has 1 aliphatic carbocycles. The number of anilines is 1. The predicted octanol–water partition coefficient (Wildman–Crippen LogP) is 1.16. The predicted molar refractivity (Wildman–Crippen MR) is 71.5 cm³/mol. The maximum Gasteiger partial charge on any atom is 0.228 e. The van der Waals surface area contributed by atoms with Crippen LogP contribution in [0, 0.1) is 17.7 Å². The lowest BCUT2D eigenvalue weighted by atomic mass is 10.2. The van der Waals surface area contributed by atoms with Gasteiger partial charge in [0, 0.05) is 19.3 Å². The highest BCUT2D eigenvalue weighted by atomic mass is 19.1. The van der Waals surface area contributed by atoms with Crippen molar-refractivity contribution in [3.63, 3.8) is 0 Å². The van der Waals surface area contributed by atoms with Crippen molar-refractivity contribution in [1.29, 1.82) is 0 Å². The summed E-state index contributed by atoms with van der Waals surface area (Å²) in [6.07, 6.45) is 0.528. The SMILES string of the molecule is COCCNC(=O)C1CC1C(=O)Nc1cccc(F)c1. The highest BCUT2D eigenvalue weighted by Gasteiger charge is 2.47. The number of ether oxygens (including phenoxy) is 1. The molecule has 2 amide bonds. The molecule has 0 spiro atoms. The Morgan fingerprint density at radius 3 is 2.80 bits per heavy atom. The van der Waals surface area contributed by atoms with E-state index in [9.17, 15) is 14.0 Å². The first-order valence-corrected chi connectivity index (χ1v) is 6.45. The molecule has 1 aromatic rings. The van der Waals surface area contributed by atoms with Crippen molar-refractivity contribution < 1.29 is 18.7 Å². The third-order valence-corrected chi connectivity index (χ3v) is 3.16. The van der Waals surface area contributed by atoms with Gasteiger partial charge in [-0.2, -0.15) is 0 Å². The second-order valence-electron chi connectivity index (χ2n) is 4.73. The van der Waals surface area contributed by atoms with Crippen LogP contribution in [-0.2, 0) is 14.3 Å². The summed E-state index contributed by atoms with van der Waals surface area (Å²) in [4.78, 5) is 23.6. The Balaban J connectivity index is 1.79.